The number of rotatable bonds is 8. The van der Waals surface area contributed by atoms with E-state index in [0.29, 0.717) is 5.69 Å². The summed E-state index contributed by atoms with van der Waals surface area (Å²) in [4.78, 5) is 35.5. The summed E-state index contributed by atoms with van der Waals surface area (Å²) >= 11 is 6.16. The molecular weight excluding hydrogens is 527 g/mol. The molecule has 0 unspecified atom stereocenters. The van der Waals surface area contributed by atoms with Crippen LogP contribution in [0.5, 0.6) is 0 Å². The molecule has 0 atom stereocenters. The SMILES string of the molecule is NCCNC(=O)c1ccc(NC(=O)c2ncc(Cc3c(-c4ccc(N)cn4)n[nH]c3C(F)(F)F)[nH]2)cc1Cl. The Morgan fingerprint density at radius 1 is 1.08 bits per heavy atom. The molecule has 0 aliphatic rings. The van der Waals surface area contributed by atoms with Gasteiger partial charge in [0.1, 0.15) is 11.4 Å². The van der Waals surface area contributed by atoms with E-state index in [9.17, 15) is 22.8 Å². The lowest BCUT2D eigenvalue weighted by atomic mass is 10.0. The van der Waals surface area contributed by atoms with Crippen molar-refractivity contribution in [2.45, 2.75) is 12.6 Å². The first kappa shape index (κ1) is 26.6. The van der Waals surface area contributed by atoms with Crippen LogP contribution in [0.2, 0.25) is 5.02 Å². The Balaban J connectivity index is 1.53. The molecule has 15 heteroatoms. The van der Waals surface area contributed by atoms with Gasteiger partial charge in [0.2, 0.25) is 0 Å². The predicted molar refractivity (Wildman–Crippen MR) is 133 cm³/mol. The molecule has 4 aromatic rings. The fraction of sp³-hybridized carbons (Fsp3) is 0.174. The van der Waals surface area contributed by atoms with Gasteiger partial charge in [0.05, 0.1) is 28.2 Å². The zero-order valence-electron chi connectivity index (χ0n) is 19.5. The topological polar surface area (TPSA) is 180 Å². The number of pyridine rings is 1. The van der Waals surface area contributed by atoms with Crippen LogP contribution in [0.15, 0.2) is 42.7 Å². The Bertz CT molecular complexity index is 1470. The van der Waals surface area contributed by atoms with E-state index in [0.717, 1.165) is 0 Å². The van der Waals surface area contributed by atoms with Crippen LogP contribution in [0.3, 0.4) is 0 Å². The molecule has 0 aliphatic heterocycles. The molecule has 0 bridgehead atoms. The first-order chi connectivity index (χ1) is 18.1. The number of H-pyrrole nitrogens is 2. The van der Waals surface area contributed by atoms with Crippen LogP contribution < -0.4 is 22.1 Å². The van der Waals surface area contributed by atoms with Gasteiger partial charge in [-0.2, -0.15) is 18.3 Å². The number of imidazole rings is 1. The highest BCUT2D eigenvalue weighted by Gasteiger charge is 2.37. The first-order valence-electron chi connectivity index (χ1n) is 11.1. The summed E-state index contributed by atoms with van der Waals surface area (Å²) in [5.74, 6) is -1.23. The van der Waals surface area contributed by atoms with Crippen LogP contribution in [0.25, 0.3) is 11.4 Å². The number of aromatic nitrogens is 5. The van der Waals surface area contributed by atoms with Gasteiger partial charge in [0.25, 0.3) is 11.8 Å². The molecule has 4 rings (SSSR count). The zero-order chi connectivity index (χ0) is 27.4. The maximum atomic E-state index is 13.6. The van der Waals surface area contributed by atoms with Crippen molar-refractivity contribution >= 4 is 34.8 Å². The van der Waals surface area contributed by atoms with Gasteiger partial charge in [-0.3, -0.25) is 19.7 Å². The molecule has 38 heavy (non-hydrogen) atoms. The highest BCUT2D eigenvalue weighted by Crippen LogP contribution is 2.35. The molecule has 0 saturated heterocycles. The lowest BCUT2D eigenvalue weighted by Crippen LogP contribution is -2.29. The van der Waals surface area contributed by atoms with Gasteiger partial charge in [0.15, 0.2) is 5.82 Å². The lowest BCUT2D eigenvalue weighted by molar-refractivity contribution is -0.141. The number of nitrogens with zero attached hydrogens (tertiary/aromatic N) is 3. The molecule has 198 valence electrons. The smallest absolute Gasteiger partial charge is 0.397 e. The van der Waals surface area contributed by atoms with Crippen molar-refractivity contribution < 1.29 is 22.8 Å². The fourth-order valence-electron chi connectivity index (χ4n) is 3.53. The van der Waals surface area contributed by atoms with Gasteiger partial charge >= 0.3 is 6.18 Å². The number of halogens is 4. The van der Waals surface area contributed by atoms with Gasteiger partial charge in [0, 0.05) is 42.7 Å². The van der Waals surface area contributed by atoms with E-state index in [1.807, 2.05) is 5.10 Å². The number of amides is 2. The van der Waals surface area contributed by atoms with Crippen LogP contribution in [0.4, 0.5) is 24.5 Å². The lowest BCUT2D eigenvalue weighted by Gasteiger charge is -2.09. The molecule has 0 radical (unpaired) electrons. The third-order valence-corrected chi connectivity index (χ3v) is 5.60. The van der Waals surface area contributed by atoms with E-state index in [1.165, 1.54) is 42.7 Å². The minimum absolute atomic E-state index is 0.0110. The molecule has 0 fully saturated rings. The highest BCUT2D eigenvalue weighted by atomic mass is 35.5. The maximum absolute atomic E-state index is 13.6. The summed E-state index contributed by atoms with van der Waals surface area (Å²) in [6, 6.07) is 7.24. The van der Waals surface area contributed by atoms with Crippen LogP contribution in [0.1, 0.15) is 37.9 Å². The molecule has 2 amide bonds. The molecule has 3 heterocycles. The number of carbonyl (C=O) groups is 2. The molecular formula is C23H21ClF3N9O2. The van der Waals surface area contributed by atoms with Crippen molar-refractivity contribution in [3.63, 3.8) is 0 Å². The number of alkyl halides is 3. The van der Waals surface area contributed by atoms with Crippen molar-refractivity contribution in [3.8, 4) is 11.4 Å². The summed E-state index contributed by atoms with van der Waals surface area (Å²) < 4.78 is 40.9. The van der Waals surface area contributed by atoms with Crippen molar-refractivity contribution in [1.29, 1.82) is 0 Å². The molecule has 0 spiro atoms. The van der Waals surface area contributed by atoms with E-state index < -0.39 is 23.7 Å². The Morgan fingerprint density at radius 3 is 2.53 bits per heavy atom. The van der Waals surface area contributed by atoms with Crippen LogP contribution in [-0.2, 0) is 12.6 Å². The standard InChI is InChI=1S/C23H21ClF3N9O2/c24-16-8-12(2-3-14(16)21(37)30-6-5-28)34-22(38)20-32-10-13(33-20)7-15-18(17-4-1-11(29)9-31-17)35-36-19(15)23(25,26)27/h1-4,8-10H,5-7,28-29H2,(H,30,37)(H,32,33)(H,34,38)(H,35,36). The third-order valence-electron chi connectivity index (χ3n) is 5.29. The summed E-state index contributed by atoms with van der Waals surface area (Å²) in [5.41, 5.74) is 11.0. The summed E-state index contributed by atoms with van der Waals surface area (Å²) in [6.45, 7) is 0.538. The summed E-state index contributed by atoms with van der Waals surface area (Å²) in [7, 11) is 0. The van der Waals surface area contributed by atoms with Gasteiger partial charge in [-0.1, -0.05) is 11.6 Å². The third kappa shape index (κ3) is 5.92. The van der Waals surface area contributed by atoms with Crippen LogP contribution >= 0.6 is 11.6 Å². The number of benzene rings is 1. The Hall–Kier alpha value is -4.43. The molecule has 1 aromatic carbocycles. The number of nitrogen functional groups attached to an aromatic ring is 1. The van der Waals surface area contributed by atoms with Crippen LogP contribution in [0, 0.1) is 0 Å². The molecule has 0 saturated carbocycles. The van der Waals surface area contributed by atoms with Gasteiger partial charge in [-0.25, -0.2) is 4.98 Å². The largest absolute Gasteiger partial charge is 0.433 e. The predicted octanol–water partition coefficient (Wildman–Crippen LogP) is 2.98. The highest BCUT2D eigenvalue weighted by molar-refractivity contribution is 6.34. The summed E-state index contributed by atoms with van der Waals surface area (Å²) in [6.07, 6.45) is -2.42. The van der Waals surface area contributed by atoms with Crippen molar-refractivity contribution in [3.05, 3.63) is 76.1 Å². The Kier molecular flexibility index (Phi) is 7.64. The number of carbonyl (C=O) groups excluding carboxylic acids is 2. The minimum atomic E-state index is -4.71. The van der Waals surface area contributed by atoms with E-state index in [-0.39, 0.29) is 64.3 Å². The van der Waals surface area contributed by atoms with Crippen molar-refractivity contribution in [2.75, 3.05) is 24.1 Å². The number of aromatic amines is 2. The number of anilines is 2. The molecule has 11 nitrogen and oxygen atoms in total. The minimum Gasteiger partial charge on any atom is -0.397 e. The average molecular weight is 548 g/mol. The van der Waals surface area contributed by atoms with E-state index in [4.69, 9.17) is 23.1 Å². The number of hydrogen-bond acceptors (Lipinski definition) is 7. The first-order valence-corrected chi connectivity index (χ1v) is 11.4. The average Bonchev–Trinajstić information content (AvgIpc) is 3.51. The maximum Gasteiger partial charge on any atom is 0.433 e. The monoisotopic (exact) mass is 547 g/mol. The zero-order valence-corrected chi connectivity index (χ0v) is 20.2. The van der Waals surface area contributed by atoms with E-state index >= 15 is 0 Å². The second kappa shape index (κ2) is 10.9. The quantitative estimate of drug-likeness (QED) is 0.196. The van der Waals surface area contributed by atoms with E-state index in [1.54, 1.807) is 0 Å². The van der Waals surface area contributed by atoms with Crippen LogP contribution in [-0.4, -0.2) is 50.1 Å². The number of hydrogen-bond donors (Lipinski definition) is 6. The summed E-state index contributed by atoms with van der Waals surface area (Å²) in [5, 5.41) is 11.1. The van der Waals surface area contributed by atoms with Gasteiger partial charge in [-0.15, -0.1) is 0 Å². The fourth-order valence-corrected chi connectivity index (χ4v) is 3.80. The van der Waals surface area contributed by atoms with Crippen molar-refractivity contribution in [2.24, 2.45) is 5.73 Å². The second-order valence-corrected chi connectivity index (χ2v) is 8.43. The van der Waals surface area contributed by atoms with Crippen molar-refractivity contribution in [1.82, 2.24) is 30.5 Å². The Labute approximate surface area is 218 Å². The van der Waals surface area contributed by atoms with E-state index in [2.05, 4.69) is 30.7 Å². The molecule has 3 aromatic heterocycles. The normalized spacial score (nSPS) is 11.4. The molecule has 0 aliphatic carbocycles. The van der Waals surface area contributed by atoms with Gasteiger partial charge in [-0.05, 0) is 30.3 Å². The Morgan fingerprint density at radius 2 is 1.87 bits per heavy atom. The molecule has 8 N–H and O–H groups in total. The van der Waals surface area contributed by atoms with Gasteiger partial charge < -0.3 is 27.1 Å². The number of nitrogens with two attached hydrogens (primary N) is 2. The second-order valence-electron chi connectivity index (χ2n) is 8.03. The number of nitrogens with one attached hydrogen (secondary N) is 4.